The lowest BCUT2D eigenvalue weighted by atomic mass is 10.1. The molecule has 5 nitrogen and oxygen atoms in total. The molecule has 1 aliphatic rings. The van der Waals surface area contributed by atoms with Crippen LogP contribution in [0.15, 0.2) is 54.6 Å². The van der Waals surface area contributed by atoms with Crippen molar-refractivity contribution in [1.29, 1.82) is 0 Å². The Balaban J connectivity index is 1.55. The molecule has 3 rings (SSSR count). The summed E-state index contributed by atoms with van der Waals surface area (Å²) < 4.78 is 0. The Morgan fingerprint density at radius 3 is 2.48 bits per heavy atom. The van der Waals surface area contributed by atoms with E-state index >= 15 is 0 Å². The zero-order valence-electron chi connectivity index (χ0n) is 14.4. The van der Waals surface area contributed by atoms with Crippen molar-refractivity contribution in [3.8, 4) is 0 Å². The van der Waals surface area contributed by atoms with Gasteiger partial charge in [-0.1, -0.05) is 30.3 Å². The number of hydrogen-bond acceptors (Lipinski definition) is 2. The summed E-state index contributed by atoms with van der Waals surface area (Å²) in [5.74, 6) is -0.00890. The largest absolute Gasteiger partial charge is 0.327 e. The molecule has 5 heteroatoms. The van der Waals surface area contributed by atoms with Gasteiger partial charge in [0.1, 0.15) is 0 Å². The molecule has 0 spiro atoms. The smallest absolute Gasteiger partial charge is 0.324 e. The number of benzene rings is 2. The maximum absolute atomic E-state index is 12.2. The van der Waals surface area contributed by atoms with Crippen molar-refractivity contribution in [1.82, 2.24) is 4.90 Å². The molecule has 0 saturated carbocycles. The Hall–Kier alpha value is -2.82. The van der Waals surface area contributed by atoms with Gasteiger partial charge in [0.25, 0.3) is 0 Å². The topological polar surface area (TPSA) is 52.6 Å². The standard InChI is InChI=1S/C20H23N3O2/c1-22-14-5-15-23(20(22)25)18-11-9-17(10-12-18)21-19(24)13-8-16-6-3-2-4-7-16/h2-4,6-7,9-12H,5,8,13-15H2,1H3,(H,21,24). The number of aryl methyl sites for hydroxylation is 1. The number of anilines is 2. The van der Waals surface area contributed by atoms with Crippen LogP contribution in [0.5, 0.6) is 0 Å². The molecule has 0 radical (unpaired) electrons. The molecule has 3 amide bonds. The predicted molar refractivity (Wildman–Crippen MR) is 99.8 cm³/mol. The highest BCUT2D eigenvalue weighted by Crippen LogP contribution is 2.21. The van der Waals surface area contributed by atoms with Gasteiger partial charge in [0.2, 0.25) is 5.91 Å². The molecule has 1 saturated heterocycles. The number of urea groups is 1. The molecule has 1 N–H and O–H groups in total. The van der Waals surface area contributed by atoms with E-state index in [2.05, 4.69) is 5.32 Å². The molecule has 130 valence electrons. The first-order valence-corrected chi connectivity index (χ1v) is 8.60. The summed E-state index contributed by atoms with van der Waals surface area (Å²) in [6.45, 7) is 1.52. The van der Waals surface area contributed by atoms with Crippen LogP contribution in [-0.2, 0) is 11.2 Å². The number of carbonyl (C=O) groups excluding carboxylic acids is 2. The van der Waals surface area contributed by atoms with E-state index < -0.39 is 0 Å². The molecule has 1 heterocycles. The van der Waals surface area contributed by atoms with Crippen molar-refractivity contribution in [3.63, 3.8) is 0 Å². The lowest BCUT2D eigenvalue weighted by Crippen LogP contribution is -2.47. The van der Waals surface area contributed by atoms with Gasteiger partial charge in [-0.2, -0.15) is 0 Å². The van der Waals surface area contributed by atoms with Crippen molar-refractivity contribution < 1.29 is 9.59 Å². The zero-order chi connectivity index (χ0) is 17.6. The maximum atomic E-state index is 12.2. The van der Waals surface area contributed by atoms with Crippen LogP contribution in [0.1, 0.15) is 18.4 Å². The first-order chi connectivity index (χ1) is 12.1. The molecular formula is C20H23N3O2. The highest BCUT2D eigenvalue weighted by molar-refractivity contribution is 5.94. The summed E-state index contributed by atoms with van der Waals surface area (Å²) >= 11 is 0. The molecule has 2 aromatic rings. The van der Waals surface area contributed by atoms with Gasteiger partial charge in [-0.3, -0.25) is 9.69 Å². The highest BCUT2D eigenvalue weighted by atomic mass is 16.2. The lowest BCUT2D eigenvalue weighted by molar-refractivity contribution is -0.116. The number of hydrogen-bond donors (Lipinski definition) is 1. The van der Waals surface area contributed by atoms with E-state index in [1.807, 2.05) is 61.6 Å². The van der Waals surface area contributed by atoms with Gasteiger partial charge in [-0.15, -0.1) is 0 Å². The Bertz CT molecular complexity index is 728. The Labute approximate surface area is 148 Å². The second kappa shape index (κ2) is 7.83. The van der Waals surface area contributed by atoms with Crippen molar-refractivity contribution in [3.05, 3.63) is 60.2 Å². The minimum Gasteiger partial charge on any atom is -0.327 e. The highest BCUT2D eigenvalue weighted by Gasteiger charge is 2.23. The van der Waals surface area contributed by atoms with Crippen molar-refractivity contribution in [2.75, 3.05) is 30.4 Å². The van der Waals surface area contributed by atoms with E-state index in [0.717, 1.165) is 42.9 Å². The van der Waals surface area contributed by atoms with Gasteiger partial charge in [-0.05, 0) is 42.7 Å². The molecule has 0 unspecified atom stereocenters. The minimum absolute atomic E-state index is 0.00890. The number of carbonyl (C=O) groups is 2. The number of rotatable bonds is 5. The second-order valence-corrected chi connectivity index (χ2v) is 6.29. The molecule has 1 fully saturated rings. The summed E-state index contributed by atoms with van der Waals surface area (Å²) in [4.78, 5) is 27.8. The number of amides is 3. The van der Waals surface area contributed by atoms with Gasteiger partial charge < -0.3 is 10.2 Å². The summed E-state index contributed by atoms with van der Waals surface area (Å²) in [7, 11) is 1.82. The van der Waals surface area contributed by atoms with Crippen LogP contribution in [0, 0.1) is 0 Å². The van der Waals surface area contributed by atoms with Gasteiger partial charge in [-0.25, -0.2) is 4.79 Å². The number of nitrogens with one attached hydrogen (secondary N) is 1. The van der Waals surface area contributed by atoms with Gasteiger partial charge in [0.15, 0.2) is 0 Å². The summed E-state index contributed by atoms with van der Waals surface area (Å²) in [6, 6.07) is 17.4. The molecule has 25 heavy (non-hydrogen) atoms. The van der Waals surface area contributed by atoms with Crippen LogP contribution >= 0.6 is 0 Å². The molecule has 0 aromatic heterocycles. The Morgan fingerprint density at radius 2 is 1.76 bits per heavy atom. The van der Waals surface area contributed by atoms with E-state index in [0.29, 0.717) is 6.42 Å². The molecule has 1 aliphatic heterocycles. The third-order valence-electron chi connectivity index (χ3n) is 4.38. The zero-order valence-corrected chi connectivity index (χ0v) is 14.4. The summed E-state index contributed by atoms with van der Waals surface area (Å²) in [6.07, 6.45) is 2.13. The summed E-state index contributed by atoms with van der Waals surface area (Å²) in [5, 5.41) is 2.91. The molecule has 0 atom stereocenters. The summed E-state index contributed by atoms with van der Waals surface area (Å²) in [5.41, 5.74) is 2.76. The molecule has 2 aromatic carbocycles. The first kappa shape index (κ1) is 17.0. The van der Waals surface area contributed by atoms with Crippen LogP contribution in [0.2, 0.25) is 0 Å². The van der Waals surface area contributed by atoms with Crippen LogP contribution in [0.3, 0.4) is 0 Å². The number of nitrogens with zero attached hydrogens (tertiary/aromatic N) is 2. The first-order valence-electron chi connectivity index (χ1n) is 8.60. The fraction of sp³-hybridized carbons (Fsp3) is 0.300. The third kappa shape index (κ3) is 4.38. The van der Waals surface area contributed by atoms with Gasteiger partial charge >= 0.3 is 6.03 Å². The van der Waals surface area contributed by atoms with Crippen LogP contribution in [-0.4, -0.2) is 37.0 Å². The normalized spacial score (nSPS) is 14.5. The van der Waals surface area contributed by atoms with Crippen molar-refractivity contribution >= 4 is 23.3 Å². The van der Waals surface area contributed by atoms with Crippen LogP contribution < -0.4 is 10.2 Å². The van der Waals surface area contributed by atoms with E-state index in [4.69, 9.17) is 0 Å². The molecular weight excluding hydrogens is 314 g/mol. The Kier molecular flexibility index (Phi) is 5.33. The monoisotopic (exact) mass is 337 g/mol. The van der Waals surface area contributed by atoms with Crippen LogP contribution in [0.4, 0.5) is 16.2 Å². The average molecular weight is 337 g/mol. The lowest BCUT2D eigenvalue weighted by Gasteiger charge is -2.33. The SMILES string of the molecule is CN1CCCN(c2ccc(NC(=O)CCc3ccccc3)cc2)C1=O. The van der Waals surface area contributed by atoms with Gasteiger partial charge in [0, 0.05) is 37.9 Å². The fourth-order valence-electron chi connectivity index (χ4n) is 2.95. The second-order valence-electron chi connectivity index (χ2n) is 6.29. The molecule has 0 aliphatic carbocycles. The van der Waals surface area contributed by atoms with Crippen molar-refractivity contribution in [2.45, 2.75) is 19.3 Å². The van der Waals surface area contributed by atoms with Crippen LogP contribution in [0.25, 0.3) is 0 Å². The maximum Gasteiger partial charge on any atom is 0.324 e. The van der Waals surface area contributed by atoms with Crippen molar-refractivity contribution in [2.24, 2.45) is 0 Å². The fourth-order valence-corrected chi connectivity index (χ4v) is 2.95. The quantitative estimate of drug-likeness (QED) is 0.907. The third-order valence-corrected chi connectivity index (χ3v) is 4.38. The van der Waals surface area contributed by atoms with E-state index in [1.54, 1.807) is 9.80 Å². The van der Waals surface area contributed by atoms with E-state index in [-0.39, 0.29) is 11.9 Å². The minimum atomic E-state index is -0.00890. The van der Waals surface area contributed by atoms with E-state index in [9.17, 15) is 9.59 Å². The predicted octanol–water partition coefficient (Wildman–Crippen LogP) is 3.52. The average Bonchev–Trinajstić information content (AvgIpc) is 2.64. The Morgan fingerprint density at radius 1 is 1.04 bits per heavy atom. The van der Waals surface area contributed by atoms with Gasteiger partial charge in [0.05, 0.1) is 0 Å². The molecule has 0 bridgehead atoms. The van der Waals surface area contributed by atoms with E-state index in [1.165, 1.54) is 0 Å².